The molecule has 0 spiro atoms. The molecule has 1 aromatic carbocycles. The van der Waals surface area contributed by atoms with Crippen molar-refractivity contribution in [2.24, 2.45) is 0 Å². The first-order chi connectivity index (χ1) is 7.74. The van der Waals surface area contributed by atoms with Crippen LogP contribution in [-0.4, -0.2) is 20.1 Å². The number of methoxy groups -OCH3 is 1. The maximum atomic E-state index is 10.3. The molecule has 0 fully saturated rings. The van der Waals surface area contributed by atoms with Gasteiger partial charge >= 0.3 is 5.97 Å². The molecule has 0 amide bonds. The monoisotopic (exact) mass is 223 g/mol. The first-order valence-electron chi connectivity index (χ1n) is 5.54. The van der Waals surface area contributed by atoms with Crippen molar-refractivity contribution in [3.8, 4) is 0 Å². The lowest BCUT2D eigenvalue weighted by Crippen LogP contribution is -1.98. The SMILES string of the molecule is CCCCC(=O)OC.CNc1ccccc1. The maximum absolute atomic E-state index is 10.3. The molecule has 0 bridgehead atoms. The molecule has 0 unspecified atom stereocenters. The molecule has 0 aliphatic heterocycles. The number of benzene rings is 1. The molecule has 90 valence electrons. The molecule has 0 radical (unpaired) electrons. The topological polar surface area (TPSA) is 38.3 Å². The molecular weight excluding hydrogens is 202 g/mol. The van der Waals surface area contributed by atoms with E-state index in [1.54, 1.807) is 0 Å². The summed E-state index contributed by atoms with van der Waals surface area (Å²) in [6.45, 7) is 2.04. The maximum Gasteiger partial charge on any atom is 0.305 e. The van der Waals surface area contributed by atoms with Crippen LogP contribution in [0.2, 0.25) is 0 Å². The van der Waals surface area contributed by atoms with Crippen molar-refractivity contribution in [3.05, 3.63) is 30.3 Å². The van der Waals surface area contributed by atoms with Crippen LogP contribution in [0.1, 0.15) is 26.2 Å². The van der Waals surface area contributed by atoms with Gasteiger partial charge in [-0.25, -0.2) is 0 Å². The molecular formula is C13H21NO2. The number of carbonyl (C=O) groups excluding carboxylic acids is 1. The van der Waals surface area contributed by atoms with Crippen LogP contribution in [0, 0.1) is 0 Å². The quantitative estimate of drug-likeness (QED) is 0.797. The second-order valence-electron chi connectivity index (χ2n) is 3.30. The van der Waals surface area contributed by atoms with Gasteiger partial charge in [0.15, 0.2) is 0 Å². The first-order valence-corrected chi connectivity index (χ1v) is 5.54. The highest BCUT2D eigenvalue weighted by molar-refractivity contribution is 5.68. The number of nitrogens with one attached hydrogen (secondary N) is 1. The normalized spacial score (nSPS) is 8.69. The fourth-order valence-corrected chi connectivity index (χ4v) is 1.03. The van der Waals surface area contributed by atoms with Gasteiger partial charge in [-0.3, -0.25) is 4.79 Å². The summed E-state index contributed by atoms with van der Waals surface area (Å²) in [5.74, 6) is -0.105. The summed E-state index contributed by atoms with van der Waals surface area (Å²) >= 11 is 0. The molecule has 0 aromatic heterocycles. The Morgan fingerprint density at radius 2 is 1.94 bits per heavy atom. The van der Waals surface area contributed by atoms with E-state index in [0.717, 1.165) is 18.5 Å². The Balaban J connectivity index is 0.000000281. The van der Waals surface area contributed by atoms with Crippen molar-refractivity contribution in [2.45, 2.75) is 26.2 Å². The van der Waals surface area contributed by atoms with Crippen LogP contribution in [0.25, 0.3) is 0 Å². The highest BCUT2D eigenvalue weighted by Gasteiger charge is 1.95. The van der Waals surface area contributed by atoms with E-state index in [1.165, 1.54) is 7.11 Å². The van der Waals surface area contributed by atoms with Crippen LogP contribution in [0.3, 0.4) is 0 Å². The fourth-order valence-electron chi connectivity index (χ4n) is 1.03. The van der Waals surface area contributed by atoms with Gasteiger partial charge in [0.2, 0.25) is 0 Å². The van der Waals surface area contributed by atoms with Crippen LogP contribution in [0.15, 0.2) is 30.3 Å². The Kier molecular flexibility index (Phi) is 9.08. The zero-order valence-corrected chi connectivity index (χ0v) is 10.3. The van der Waals surface area contributed by atoms with Gasteiger partial charge in [-0.1, -0.05) is 31.5 Å². The van der Waals surface area contributed by atoms with Crippen molar-refractivity contribution in [1.29, 1.82) is 0 Å². The molecule has 3 nitrogen and oxygen atoms in total. The van der Waals surface area contributed by atoms with Crippen LogP contribution >= 0.6 is 0 Å². The molecule has 0 saturated heterocycles. The minimum absolute atomic E-state index is 0.105. The summed E-state index contributed by atoms with van der Waals surface area (Å²) in [5.41, 5.74) is 1.16. The van der Waals surface area contributed by atoms with E-state index in [0.29, 0.717) is 6.42 Å². The Morgan fingerprint density at radius 3 is 2.31 bits per heavy atom. The van der Waals surface area contributed by atoms with Crippen LogP contribution in [-0.2, 0) is 9.53 Å². The third-order valence-corrected chi connectivity index (χ3v) is 2.02. The Morgan fingerprint density at radius 1 is 1.31 bits per heavy atom. The number of anilines is 1. The van der Waals surface area contributed by atoms with Gasteiger partial charge in [0.05, 0.1) is 7.11 Å². The molecule has 16 heavy (non-hydrogen) atoms. The number of hydrogen-bond acceptors (Lipinski definition) is 3. The van der Waals surface area contributed by atoms with E-state index in [-0.39, 0.29) is 5.97 Å². The minimum Gasteiger partial charge on any atom is -0.469 e. The van der Waals surface area contributed by atoms with Crippen LogP contribution < -0.4 is 5.32 Å². The van der Waals surface area contributed by atoms with E-state index >= 15 is 0 Å². The van der Waals surface area contributed by atoms with E-state index in [1.807, 2.05) is 44.3 Å². The van der Waals surface area contributed by atoms with Gasteiger partial charge in [0.25, 0.3) is 0 Å². The number of para-hydroxylation sites is 1. The summed E-state index contributed by atoms with van der Waals surface area (Å²) in [5, 5.41) is 3.03. The summed E-state index contributed by atoms with van der Waals surface area (Å²) in [4.78, 5) is 10.3. The lowest BCUT2D eigenvalue weighted by atomic mass is 10.3. The number of carbonyl (C=O) groups is 1. The molecule has 1 aromatic rings. The van der Waals surface area contributed by atoms with Crippen LogP contribution in [0.5, 0.6) is 0 Å². The summed E-state index contributed by atoms with van der Waals surface area (Å²) in [6, 6.07) is 10.1. The summed E-state index contributed by atoms with van der Waals surface area (Å²) < 4.78 is 4.41. The average molecular weight is 223 g/mol. The first kappa shape index (κ1) is 14.5. The lowest BCUT2D eigenvalue weighted by molar-refractivity contribution is -0.140. The van der Waals surface area contributed by atoms with E-state index < -0.39 is 0 Å². The number of ether oxygens (including phenoxy) is 1. The zero-order valence-electron chi connectivity index (χ0n) is 10.3. The zero-order chi connectivity index (χ0) is 12.2. The van der Waals surface area contributed by atoms with Gasteiger partial charge in [-0.2, -0.15) is 0 Å². The van der Waals surface area contributed by atoms with E-state index in [4.69, 9.17) is 0 Å². The summed E-state index contributed by atoms with van der Waals surface area (Å²) in [6.07, 6.45) is 2.55. The van der Waals surface area contributed by atoms with Crippen molar-refractivity contribution < 1.29 is 9.53 Å². The Hall–Kier alpha value is -1.51. The molecule has 0 heterocycles. The third-order valence-electron chi connectivity index (χ3n) is 2.02. The van der Waals surface area contributed by atoms with Crippen molar-refractivity contribution >= 4 is 11.7 Å². The molecule has 0 saturated carbocycles. The molecule has 1 N–H and O–H groups in total. The number of unbranched alkanes of at least 4 members (excludes halogenated alkanes) is 1. The van der Waals surface area contributed by atoms with Gasteiger partial charge < -0.3 is 10.1 Å². The van der Waals surface area contributed by atoms with Crippen molar-refractivity contribution in [1.82, 2.24) is 0 Å². The molecule has 1 rings (SSSR count). The average Bonchev–Trinajstić information content (AvgIpc) is 2.37. The van der Waals surface area contributed by atoms with E-state index in [2.05, 4.69) is 10.1 Å². The van der Waals surface area contributed by atoms with Crippen LogP contribution in [0.4, 0.5) is 5.69 Å². The van der Waals surface area contributed by atoms with Gasteiger partial charge in [-0.05, 0) is 18.6 Å². The van der Waals surface area contributed by atoms with Gasteiger partial charge in [0.1, 0.15) is 0 Å². The number of esters is 1. The number of hydrogen-bond donors (Lipinski definition) is 1. The second-order valence-corrected chi connectivity index (χ2v) is 3.30. The number of rotatable bonds is 4. The predicted molar refractivity (Wildman–Crippen MR) is 67.5 cm³/mol. The summed E-state index contributed by atoms with van der Waals surface area (Å²) in [7, 11) is 3.33. The standard InChI is InChI=1S/C7H9N.C6H12O2/c1-8-7-5-3-2-4-6-7;1-3-4-5-6(7)8-2/h2-6,8H,1H3;3-5H2,1-2H3. The molecule has 0 aliphatic carbocycles. The second kappa shape index (κ2) is 10.0. The van der Waals surface area contributed by atoms with Crippen molar-refractivity contribution in [3.63, 3.8) is 0 Å². The Bertz CT molecular complexity index is 273. The largest absolute Gasteiger partial charge is 0.469 e. The Labute approximate surface area is 97.8 Å². The molecule has 3 heteroatoms. The lowest BCUT2D eigenvalue weighted by Gasteiger charge is -1.94. The minimum atomic E-state index is -0.105. The van der Waals surface area contributed by atoms with Gasteiger partial charge in [0, 0.05) is 19.2 Å². The smallest absolute Gasteiger partial charge is 0.305 e. The highest BCUT2D eigenvalue weighted by atomic mass is 16.5. The van der Waals surface area contributed by atoms with Crippen molar-refractivity contribution in [2.75, 3.05) is 19.5 Å². The fraction of sp³-hybridized carbons (Fsp3) is 0.462. The third kappa shape index (κ3) is 7.85. The molecule has 0 atom stereocenters. The molecule has 0 aliphatic rings. The predicted octanol–water partition coefficient (Wildman–Crippen LogP) is 3.08. The van der Waals surface area contributed by atoms with E-state index in [9.17, 15) is 4.79 Å². The van der Waals surface area contributed by atoms with Gasteiger partial charge in [-0.15, -0.1) is 0 Å². The highest BCUT2D eigenvalue weighted by Crippen LogP contribution is 2.01.